The molecule has 0 aromatic heterocycles. The second-order valence-electron chi connectivity index (χ2n) is 5.74. The number of carbonyl (C=O) groups is 2. The number of nitrogens with zero attached hydrogens (tertiary/aromatic N) is 1. The molecule has 5 nitrogen and oxygen atoms in total. The van der Waals surface area contributed by atoms with Gasteiger partial charge in [-0.25, -0.2) is 0 Å². The predicted molar refractivity (Wildman–Crippen MR) is 78.9 cm³/mol. The first-order chi connectivity index (χ1) is 10.2. The van der Waals surface area contributed by atoms with Crippen LogP contribution in [0.15, 0.2) is 24.3 Å². The molecular weight excluding hydrogens is 268 g/mol. The number of fused-ring (bicyclic) bond motifs is 1. The zero-order chi connectivity index (χ0) is 14.8. The molecule has 1 heterocycles. The van der Waals surface area contributed by atoms with Crippen LogP contribution in [0.5, 0.6) is 0 Å². The Bertz CT molecular complexity index is 552. The lowest BCUT2D eigenvalue weighted by molar-refractivity contribution is -0.125. The monoisotopic (exact) mass is 288 g/mol. The van der Waals surface area contributed by atoms with E-state index < -0.39 is 11.8 Å². The minimum Gasteiger partial charge on any atom is -0.369 e. The Balaban J connectivity index is 1.70. The first-order valence-electron chi connectivity index (χ1n) is 7.47. The van der Waals surface area contributed by atoms with Crippen LogP contribution >= 0.6 is 0 Å². The SMILES string of the molecule is NC(=O)[C@@H]1CN(C(=O)COC2CCCC2)c2ccccc21. The third-order valence-corrected chi connectivity index (χ3v) is 4.36. The number of nitrogens with two attached hydrogens (primary N) is 1. The highest BCUT2D eigenvalue weighted by molar-refractivity contribution is 6.00. The minimum absolute atomic E-state index is 0.0739. The fourth-order valence-electron chi connectivity index (χ4n) is 3.21. The maximum atomic E-state index is 12.4. The third-order valence-electron chi connectivity index (χ3n) is 4.36. The predicted octanol–water partition coefficient (Wildman–Crippen LogP) is 1.56. The summed E-state index contributed by atoms with van der Waals surface area (Å²) < 4.78 is 5.68. The second kappa shape index (κ2) is 5.85. The van der Waals surface area contributed by atoms with E-state index in [1.807, 2.05) is 24.3 Å². The molecule has 2 N–H and O–H groups in total. The van der Waals surface area contributed by atoms with E-state index >= 15 is 0 Å². The molecule has 3 rings (SSSR count). The molecule has 2 amide bonds. The first kappa shape index (κ1) is 14.1. The highest BCUT2D eigenvalue weighted by atomic mass is 16.5. The molecule has 0 spiro atoms. The number of para-hydroxylation sites is 1. The van der Waals surface area contributed by atoms with Gasteiger partial charge in [0.2, 0.25) is 5.91 Å². The fraction of sp³-hybridized carbons (Fsp3) is 0.500. The van der Waals surface area contributed by atoms with Gasteiger partial charge >= 0.3 is 0 Å². The number of primary amides is 1. The molecule has 1 fully saturated rings. The van der Waals surface area contributed by atoms with Gasteiger partial charge in [0.05, 0.1) is 12.0 Å². The molecule has 1 atom stereocenters. The van der Waals surface area contributed by atoms with Gasteiger partial charge in [0.15, 0.2) is 0 Å². The van der Waals surface area contributed by atoms with Crippen LogP contribution in [0, 0.1) is 0 Å². The standard InChI is InChI=1S/C16H20N2O3/c17-16(20)13-9-18(14-8-4-3-7-12(13)14)15(19)10-21-11-5-1-2-6-11/h3-4,7-8,11,13H,1-2,5-6,9-10H2,(H2,17,20)/t13-/m1/s1. The Morgan fingerprint density at radius 3 is 2.67 bits per heavy atom. The topological polar surface area (TPSA) is 72.6 Å². The van der Waals surface area contributed by atoms with E-state index in [1.165, 1.54) is 12.8 Å². The van der Waals surface area contributed by atoms with E-state index in [2.05, 4.69) is 0 Å². The third kappa shape index (κ3) is 2.78. The summed E-state index contributed by atoms with van der Waals surface area (Å²) in [6.45, 7) is 0.395. The van der Waals surface area contributed by atoms with Gasteiger partial charge in [-0.05, 0) is 24.5 Å². The molecule has 1 aromatic carbocycles. The van der Waals surface area contributed by atoms with Crippen molar-refractivity contribution in [2.75, 3.05) is 18.1 Å². The zero-order valence-electron chi connectivity index (χ0n) is 12.0. The van der Waals surface area contributed by atoms with Crippen molar-refractivity contribution in [3.05, 3.63) is 29.8 Å². The van der Waals surface area contributed by atoms with Crippen LogP contribution in [0.25, 0.3) is 0 Å². The quantitative estimate of drug-likeness (QED) is 0.914. The molecule has 1 aliphatic carbocycles. The van der Waals surface area contributed by atoms with E-state index in [0.717, 1.165) is 24.1 Å². The lowest BCUT2D eigenvalue weighted by Crippen LogP contribution is -2.36. The Kier molecular flexibility index (Phi) is 3.92. The lowest BCUT2D eigenvalue weighted by atomic mass is 10.0. The Hall–Kier alpha value is -1.88. The Morgan fingerprint density at radius 1 is 1.24 bits per heavy atom. The smallest absolute Gasteiger partial charge is 0.253 e. The molecule has 0 unspecified atom stereocenters. The van der Waals surface area contributed by atoms with Gasteiger partial charge in [0.1, 0.15) is 6.61 Å². The molecule has 0 radical (unpaired) electrons. The number of ether oxygens (including phenoxy) is 1. The van der Waals surface area contributed by atoms with Gasteiger partial charge in [0, 0.05) is 12.2 Å². The maximum Gasteiger partial charge on any atom is 0.253 e. The molecule has 0 saturated heterocycles. The summed E-state index contributed by atoms with van der Waals surface area (Å²) in [5.74, 6) is -0.913. The van der Waals surface area contributed by atoms with E-state index in [9.17, 15) is 9.59 Å². The van der Waals surface area contributed by atoms with Gasteiger partial charge in [0.25, 0.3) is 5.91 Å². The van der Waals surface area contributed by atoms with Crippen molar-refractivity contribution in [2.24, 2.45) is 5.73 Å². The van der Waals surface area contributed by atoms with Gasteiger partial charge in [-0.1, -0.05) is 31.0 Å². The summed E-state index contributed by atoms with van der Waals surface area (Å²) in [4.78, 5) is 25.6. The summed E-state index contributed by atoms with van der Waals surface area (Å²) in [7, 11) is 0. The number of rotatable bonds is 4. The second-order valence-corrected chi connectivity index (χ2v) is 5.74. The van der Waals surface area contributed by atoms with E-state index in [-0.39, 0.29) is 18.6 Å². The molecule has 21 heavy (non-hydrogen) atoms. The summed E-state index contributed by atoms with van der Waals surface area (Å²) in [5.41, 5.74) is 7.05. The van der Waals surface area contributed by atoms with Crippen LogP contribution in [0.3, 0.4) is 0 Å². The minimum atomic E-state index is -0.420. The average molecular weight is 288 g/mol. The summed E-state index contributed by atoms with van der Waals surface area (Å²) in [5, 5.41) is 0. The number of hydrogen-bond acceptors (Lipinski definition) is 3. The van der Waals surface area contributed by atoms with Gasteiger partial charge < -0.3 is 15.4 Å². The van der Waals surface area contributed by atoms with E-state index in [4.69, 9.17) is 10.5 Å². The van der Waals surface area contributed by atoms with Crippen LogP contribution in [0.4, 0.5) is 5.69 Å². The summed E-state index contributed by atoms with van der Waals surface area (Å²) in [6.07, 6.45) is 4.63. The van der Waals surface area contributed by atoms with Crippen molar-refractivity contribution < 1.29 is 14.3 Å². The van der Waals surface area contributed by atoms with Crippen LogP contribution in [-0.2, 0) is 14.3 Å². The van der Waals surface area contributed by atoms with Crippen molar-refractivity contribution in [3.8, 4) is 0 Å². The fourth-order valence-corrected chi connectivity index (χ4v) is 3.21. The highest BCUT2D eigenvalue weighted by Gasteiger charge is 2.35. The zero-order valence-corrected chi connectivity index (χ0v) is 12.0. The lowest BCUT2D eigenvalue weighted by Gasteiger charge is -2.19. The summed E-state index contributed by atoms with van der Waals surface area (Å²) >= 11 is 0. The number of hydrogen-bond donors (Lipinski definition) is 1. The Morgan fingerprint density at radius 2 is 1.95 bits per heavy atom. The van der Waals surface area contributed by atoms with Crippen LogP contribution in [0.1, 0.15) is 37.2 Å². The molecule has 0 bridgehead atoms. The van der Waals surface area contributed by atoms with Gasteiger partial charge in [-0.3, -0.25) is 9.59 Å². The molecule has 1 aromatic rings. The maximum absolute atomic E-state index is 12.4. The van der Waals surface area contributed by atoms with Crippen LogP contribution < -0.4 is 10.6 Å². The van der Waals surface area contributed by atoms with Crippen molar-refractivity contribution in [3.63, 3.8) is 0 Å². The van der Waals surface area contributed by atoms with Crippen LogP contribution in [-0.4, -0.2) is 31.1 Å². The highest BCUT2D eigenvalue weighted by Crippen LogP contribution is 2.36. The molecule has 1 aliphatic heterocycles. The molecule has 1 saturated carbocycles. The number of anilines is 1. The van der Waals surface area contributed by atoms with Gasteiger partial charge in [-0.2, -0.15) is 0 Å². The molecular formula is C16H20N2O3. The van der Waals surface area contributed by atoms with Crippen molar-refractivity contribution in [1.82, 2.24) is 0 Å². The molecule has 2 aliphatic rings. The average Bonchev–Trinajstić information content (AvgIpc) is 3.12. The van der Waals surface area contributed by atoms with Crippen LogP contribution in [0.2, 0.25) is 0 Å². The van der Waals surface area contributed by atoms with Crippen molar-refractivity contribution in [2.45, 2.75) is 37.7 Å². The van der Waals surface area contributed by atoms with Crippen molar-refractivity contribution in [1.29, 1.82) is 0 Å². The normalized spacial score (nSPS) is 21.5. The number of amides is 2. The number of benzene rings is 1. The number of carbonyl (C=O) groups excluding carboxylic acids is 2. The Labute approximate surface area is 124 Å². The summed E-state index contributed by atoms with van der Waals surface area (Å²) in [6, 6.07) is 7.43. The van der Waals surface area contributed by atoms with Gasteiger partial charge in [-0.15, -0.1) is 0 Å². The molecule has 112 valence electrons. The largest absolute Gasteiger partial charge is 0.369 e. The van der Waals surface area contributed by atoms with E-state index in [0.29, 0.717) is 6.54 Å². The van der Waals surface area contributed by atoms with Crippen molar-refractivity contribution >= 4 is 17.5 Å². The van der Waals surface area contributed by atoms with E-state index in [1.54, 1.807) is 4.90 Å². The first-order valence-corrected chi connectivity index (χ1v) is 7.47. The molecule has 5 heteroatoms.